The normalized spacial score (nSPS) is 19.0. The summed E-state index contributed by atoms with van der Waals surface area (Å²) in [5.41, 5.74) is 0.276. The molecule has 7 rings (SSSR count). The van der Waals surface area contributed by atoms with Gasteiger partial charge in [0.05, 0.1) is 17.9 Å². The molecule has 0 spiro atoms. The molecule has 0 radical (unpaired) electrons. The Hall–Kier alpha value is -4.82. The fourth-order valence-electron chi connectivity index (χ4n) is 5.96. The van der Waals surface area contributed by atoms with Gasteiger partial charge in [-0.15, -0.1) is 0 Å². The van der Waals surface area contributed by atoms with Gasteiger partial charge in [0, 0.05) is 46.5 Å². The van der Waals surface area contributed by atoms with E-state index in [4.69, 9.17) is 0 Å². The molecule has 220 valence electrons. The van der Waals surface area contributed by atoms with Crippen LogP contribution < -0.4 is 5.32 Å². The minimum atomic E-state index is -3.41. The molecule has 3 unspecified atom stereocenters. The molecule has 1 saturated carbocycles. The Morgan fingerprint density at radius 1 is 1.07 bits per heavy atom. The first-order chi connectivity index (χ1) is 20.6. The number of hydrogen-bond acceptors (Lipinski definition) is 6. The summed E-state index contributed by atoms with van der Waals surface area (Å²) in [5.74, 6) is -7.75. The molecular formula is C28H20F6N8O. The lowest BCUT2D eigenvalue weighted by Gasteiger charge is -2.22. The molecule has 3 atom stereocenters. The molecule has 0 bridgehead atoms. The van der Waals surface area contributed by atoms with Crippen molar-refractivity contribution in [2.75, 3.05) is 0 Å². The van der Waals surface area contributed by atoms with E-state index in [2.05, 4.69) is 35.6 Å². The Bertz CT molecular complexity index is 1870. The molecule has 43 heavy (non-hydrogen) atoms. The maximum absolute atomic E-state index is 15.0. The zero-order valence-electron chi connectivity index (χ0n) is 21.9. The number of amides is 1. The molecule has 1 fully saturated rings. The van der Waals surface area contributed by atoms with Crippen molar-refractivity contribution in [3.63, 3.8) is 0 Å². The van der Waals surface area contributed by atoms with Gasteiger partial charge in [-0.3, -0.25) is 14.6 Å². The first kappa shape index (κ1) is 27.0. The molecule has 1 amide bonds. The smallest absolute Gasteiger partial charge is 0.293 e. The van der Waals surface area contributed by atoms with Crippen LogP contribution in [0.2, 0.25) is 0 Å². The van der Waals surface area contributed by atoms with Crippen molar-refractivity contribution in [3.8, 4) is 11.1 Å². The Morgan fingerprint density at radius 3 is 2.63 bits per heavy atom. The highest BCUT2D eigenvalue weighted by atomic mass is 19.3. The molecule has 0 saturated heterocycles. The summed E-state index contributed by atoms with van der Waals surface area (Å²) < 4.78 is 86.3. The quantitative estimate of drug-likeness (QED) is 0.239. The largest absolute Gasteiger partial charge is 0.346 e. The van der Waals surface area contributed by atoms with Crippen molar-refractivity contribution < 1.29 is 31.1 Å². The number of fused-ring (bicyclic) bond motifs is 4. The second-order valence-corrected chi connectivity index (χ2v) is 10.6. The minimum Gasteiger partial charge on any atom is -0.346 e. The van der Waals surface area contributed by atoms with Crippen LogP contribution in [0.4, 0.5) is 26.3 Å². The lowest BCUT2D eigenvalue weighted by atomic mass is 9.96. The number of hydrogen-bond donors (Lipinski definition) is 2. The van der Waals surface area contributed by atoms with Crippen molar-refractivity contribution in [3.05, 3.63) is 89.0 Å². The molecule has 0 aliphatic heterocycles. The number of nitrogens with one attached hydrogen (secondary N) is 2. The molecular weight excluding hydrogens is 578 g/mol. The first-order valence-corrected chi connectivity index (χ1v) is 13.2. The topological polar surface area (TPSA) is 114 Å². The Balaban J connectivity index is 1.25. The van der Waals surface area contributed by atoms with Gasteiger partial charge in [0.1, 0.15) is 35.9 Å². The number of nitrogens with zero attached hydrogens (tertiary/aromatic N) is 6. The third-order valence-electron chi connectivity index (χ3n) is 7.83. The van der Waals surface area contributed by atoms with Gasteiger partial charge in [-0.2, -0.15) is 19.0 Å². The lowest BCUT2D eigenvalue weighted by Crippen LogP contribution is -2.35. The second kappa shape index (κ2) is 9.88. The monoisotopic (exact) mass is 598 g/mol. The van der Waals surface area contributed by atoms with E-state index in [-0.39, 0.29) is 29.7 Å². The number of halogens is 6. The van der Waals surface area contributed by atoms with Crippen molar-refractivity contribution in [1.29, 1.82) is 0 Å². The van der Waals surface area contributed by atoms with E-state index in [1.54, 1.807) is 12.3 Å². The molecule has 4 heterocycles. The average molecular weight is 599 g/mol. The van der Waals surface area contributed by atoms with E-state index in [1.807, 2.05) is 0 Å². The predicted molar refractivity (Wildman–Crippen MR) is 138 cm³/mol. The average Bonchev–Trinajstić information content (AvgIpc) is 3.36. The van der Waals surface area contributed by atoms with E-state index in [9.17, 15) is 22.4 Å². The second-order valence-electron chi connectivity index (χ2n) is 10.6. The maximum Gasteiger partial charge on any atom is 0.293 e. The molecule has 2 aliphatic rings. The summed E-state index contributed by atoms with van der Waals surface area (Å²) in [7, 11) is 0. The molecule has 4 aromatic heterocycles. The number of alkyl halides is 4. The van der Waals surface area contributed by atoms with Gasteiger partial charge < -0.3 is 5.32 Å². The molecule has 2 aliphatic carbocycles. The third-order valence-corrected chi connectivity index (χ3v) is 7.83. The standard InChI is InChI=1S/C28H20F6N8O/c29-15-1-12(2-16(30)5-15)3-20(23-18(9-35-11-37-23)13-4-14-8-38-40-27(14)36-7-13)39-21(43)10-42-25-22(24(41-42)26(31)32)17-6-19(17)28(25,33)34/h1-2,4-5,7-9,11,17,19-20,26H,3,6,10H2,(H,39,43)(H,36,38,40). The van der Waals surface area contributed by atoms with Crippen LogP contribution in [0.15, 0.2) is 49.2 Å². The highest BCUT2D eigenvalue weighted by Crippen LogP contribution is 2.68. The molecule has 2 N–H and O–H groups in total. The van der Waals surface area contributed by atoms with E-state index < -0.39 is 65.7 Å². The van der Waals surface area contributed by atoms with E-state index in [0.717, 1.165) is 12.1 Å². The maximum atomic E-state index is 15.0. The molecule has 5 aromatic rings. The number of aromatic amines is 1. The van der Waals surface area contributed by atoms with Gasteiger partial charge in [-0.05, 0) is 42.5 Å². The van der Waals surface area contributed by atoms with E-state index in [1.165, 1.54) is 18.7 Å². The molecule has 15 heteroatoms. The zero-order chi connectivity index (χ0) is 30.0. The van der Waals surface area contributed by atoms with Crippen LogP contribution in [-0.2, 0) is 23.7 Å². The van der Waals surface area contributed by atoms with Crippen LogP contribution in [0.3, 0.4) is 0 Å². The van der Waals surface area contributed by atoms with Crippen LogP contribution in [0.1, 0.15) is 53.0 Å². The summed E-state index contributed by atoms with van der Waals surface area (Å²) >= 11 is 0. The predicted octanol–water partition coefficient (Wildman–Crippen LogP) is 5.14. The van der Waals surface area contributed by atoms with Crippen LogP contribution in [0.5, 0.6) is 0 Å². The Kier molecular flexibility index (Phi) is 6.21. The molecule has 9 nitrogen and oxygen atoms in total. The van der Waals surface area contributed by atoms with Crippen LogP contribution in [0.25, 0.3) is 22.2 Å². The van der Waals surface area contributed by atoms with Crippen molar-refractivity contribution in [2.24, 2.45) is 5.92 Å². The van der Waals surface area contributed by atoms with Crippen LogP contribution >= 0.6 is 0 Å². The number of benzene rings is 1. The van der Waals surface area contributed by atoms with E-state index in [0.29, 0.717) is 32.9 Å². The summed E-state index contributed by atoms with van der Waals surface area (Å²) in [6, 6.07) is 3.57. The van der Waals surface area contributed by atoms with Gasteiger partial charge in [0.25, 0.3) is 12.3 Å². The van der Waals surface area contributed by atoms with Crippen LogP contribution in [-0.4, -0.2) is 40.8 Å². The zero-order valence-corrected chi connectivity index (χ0v) is 21.9. The summed E-state index contributed by atoms with van der Waals surface area (Å²) in [5, 5.41) is 13.7. The van der Waals surface area contributed by atoms with Crippen molar-refractivity contribution in [1.82, 2.24) is 40.2 Å². The number of aromatic nitrogens is 7. The lowest BCUT2D eigenvalue weighted by molar-refractivity contribution is -0.123. The van der Waals surface area contributed by atoms with Crippen molar-refractivity contribution in [2.45, 2.75) is 43.7 Å². The first-order valence-electron chi connectivity index (χ1n) is 13.2. The Morgan fingerprint density at radius 2 is 1.86 bits per heavy atom. The van der Waals surface area contributed by atoms with Crippen molar-refractivity contribution >= 4 is 16.9 Å². The minimum absolute atomic E-state index is 0.0832. The van der Waals surface area contributed by atoms with Gasteiger partial charge in [-0.1, -0.05) is 0 Å². The fraction of sp³-hybridized carbons (Fsp3) is 0.286. The third kappa shape index (κ3) is 4.68. The SMILES string of the molecule is O=C(Cn1nc(C(F)F)c2c1C(F)(F)C1CC21)NC(Cc1cc(F)cc(F)c1)c1ncncc1-c1cnc2[nH]ncc2c1. The van der Waals surface area contributed by atoms with Crippen LogP contribution in [0, 0.1) is 17.6 Å². The summed E-state index contributed by atoms with van der Waals surface area (Å²) in [6.45, 7) is -0.791. The number of carbonyl (C=O) groups excluding carboxylic acids is 1. The number of carbonyl (C=O) groups is 1. The van der Waals surface area contributed by atoms with Gasteiger partial charge in [0.15, 0.2) is 5.65 Å². The van der Waals surface area contributed by atoms with Gasteiger partial charge >= 0.3 is 0 Å². The number of pyridine rings is 1. The molecule has 1 aromatic carbocycles. The summed E-state index contributed by atoms with van der Waals surface area (Å²) in [4.78, 5) is 26.1. The fourth-order valence-corrected chi connectivity index (χ4v) is 5.96. The van der Waals surface area contributed by atoms with Gasteiger partial charge in [0.2, 0.25) is 5.91 Å². The number of rotatable bonds is 8. The highest BCUT2D eigenvalue weighted by molar-refractivity contribution is 5.81. The number of H-pyrrole nitrogens is 1. The van der Waals surface area contributed by atoms with E-state index >= 15 is 8.78 Å². The van der Waals surface area contributed by atoms with Gasteiger partial charge in [-0.25, -0.2) is 32.5 Å². The Labute approximate surface area is 238 Å². The highest BCUT2D eigenvalue weighted by Gasteiger charge is 2.67. The summed E-state index contributed by atoms with van der Waals surface area (Å²) in [6.07, 6.45) is 2.60.